The fraction of sp³-hybridized carbons (Fsp3) is 0.0732. The number of aromatic nitrogens is 2. The Morgan fingerprint density at radius 1 is 0.778 bits per heavy atom. The third-order valence-corrected chi connectivity index (χ3v) is 9.74. The van der Waals surface area contributed by atoms with Gasteiger partial charge in [-0.1, -0.05) is 78.9 Å². The average molecular weight is 739 g/mol. The van der Waals surface area contributed by atoms with Crippen molar-refractivity contribution in [2.75, 3.05) is 10.6 Å². The first-order valence-corrected chi connectivity index (χ1v) is 17.6. The van der Waals surface area contributed by atoms with E-state index in [1.165, 1.54) is 40.7 Å². The summed E-state index contributed by atoms with van der Waals surface area (Å²) in [6.07, 6.45) is 1.25. The van der Waals surface area contributed by atoms with E-state index >= 15 is 0 Å². The zero-order valence-electron chi connectivity index (χ0n) is 29.1. The predicted octanol–water partition coefficient (Wildman–Crippen LogP) is 7.27. The van der Waals surface area contributed by atoms with Crippen LogP contribution >= 0.6 is 11.8 Å². The summed E-state index contributed by atoms with van der Waals surface area (Å²) in [6, 6.07) is 39.2. The highest BCUT2D eigenvalue weighted by atomic mass is 32.2. The zero-order valence-corrected chi connectivity index (χ0v) is 29.9. The molecular formula is C41H34N6O6S. The summed E-state index contributed by atoms with van der Waals surface area (Å²) in [6.45, 7) is 1.77. The summed E-state index contributed by atoms with van der Waals surface area (Å²) < 4.78 is 3.19. The molecule has 1 unspecified atom stereocenters. The first-order chi connectivity index (χ1) is 26.1. The van der Waals surface area contributed by atoms with Gasteiger partial charge in [-0.3, -0.25) is 34.0 Å². The molecule has 6 aromatic rings. The van der Waals surface area contributed by atoms with Crippen LogP contribution < -0.4 is 21.5 Å². The van der Waals surface area contributed by atoms with Gasteiger partial charge in [0.25, 0.3) is 23.1 Å². The molecule has 0 bridgehead atoms. The number of benzene rings is 5. The van der Waals surface area contributed by atoms with Gasteiger partial charge in [0.15, 0.2) is 0 Å². The van der Waals surface area contributed by atoms with E-state index in [1.807, 2.05) is 60.7 Å². The number of carbonyl (C=O) groups is 3. The molecule has 13 heteroatoms. The minimum absolute atomic E-state index is 0.127. The second-order valence-electron chi connectivity index (χ2n) is 12.0. The molecule has 3 N–H and O–H groups in total. The number of nitro groups is 1. The molecule has 0 aliphatic rings. The van der Waals surface area contributed by atoms with Crippen LogP contribution in [-0.4, -0.2) is 32.0 Å². The summed E-state index contributed by atoms with van der Waals surface area (Å²) in [5.41, 5.74) is 2.13. The summed E-state index contributed by atoms with van der Waals surface area (Å²) in [5, 5.41) is 19.2. The van der Waals surface area contributed by atoms with E-state index < -0.39 is 27.9 Å². The number of nitrogens with zero attached hydrogens (tertiary/aromatic N) is 3. The number of carbonyl (C=O) groups excluding carboxylic acids is 3. The SMILES string of the molecule is Cc1c(NC(=O)C(Sc2ccc(NC(=O)/C(=C/c3ccccc3[N+](=O)[O-])NC(=O)c3ccccc3)cc2)c2ccccc2)c(=O)n(-c2ccccc2)n1C. The number of amides is 3. The van der Waals surface area contributed by atoms with Crippen molar-refractivity contribution >= 4 is 52.6 Å². The normalized spacial score (nSPS) is 11.7. The van der Waals surface area contributed by atoms with E-state index in [-0.39, 0.29) is 28.2 Å². The van der Waals surface area contributed by atoms with Crippen molar-refractivity contribution in [1.82, 2.24) is 14.7 Å². The molecule has 0 radical (unpaired) electrons. The molecule has 0 saturated heterocycles. The van der Waals surface area contributed by atoms with Gasteiger partial charge in [-0.15, -0.1) is 11.8 Å². The monoisotopic (exact) mass is 738 g/mol. The number of rotatable bonds is 12. The van der Waals surface area contributed by atoms with E-state index in [0.717, 1.165) is 0 Å². The number of nitrogens with one attached hydrogen (secondary N) is 3. The maximum atomic E-state index is 13.9. The fourth-order valence-corrected chi connectivity index (χ4v) is 6.65. The number of para-hydroxylation sites is 2. The molecule has 5 aromatic carbocycles. The number of nitro benzene ring substituents is 1. The second-order valence-corrected chi connectivity index (χ2v) is 13.2. The van der Waals surface area contributed by atoms with E-state index in [2.05, 4.69) is 16.0 Å². The van der Waals surface area contributed by atoms with Gasteiger partial charge in [0.05, 0.1) is 21.9 Å². The summed E-state index contributed by atoms with van der Waals surface area (Å²) in [7, 11) is 1.75. The van der Waals surface area contributed by atoms with Crippen LogP contribution in [0, 0.1) is 17.0 Å². The van der Waals surface area contributed by atoms with Gasteiger partial charge in [0, 0.05) is 29.3 Å². The molecule has 1 heterocycles. The number of anilines is 2. The highest BCUT2D eigenvalue weighted by Gasteiger charge is 2.26. The molecule has 12 nitrogen and oxygen atoms in total. The maximum Gasteiger partial charge on any atom is 0.295 e. The van der Waals surface area contributed by atoms with E-state index in [4.69, 9.17) is 0 Å². The number of hydrogen-bond acceptors (Lipinski definition) is 7. The van der Waals surface area contributed by atoms with Crippen molar-refractivity contribution < 1.29 is 19.3 Å². The topological polar surface area (TPSA) is 157 Å². The largest absolute Gasteiger partial charge is 0.321 e. The molecule has 0 aliphatic heterocycles. The lowest BCUT2D eigenvalue weighted by atomic mass is 10.1. The van der Waals surface area contributed by atoms with Gasteiger partial charge in [-0.05, 0) is 73.2 Å². The van der Waals surface area contributed by atoms with E-state index in [9.17, 15) is 29.3 Å². The Balaban J connectivity index is 1.23. The van der Waals surface area contributed by atoms with Crippen molar-refractivity contribution in [2.45, 2.75) is 17.1 Å². The Bertz CT molecular complexity index is 2410. The fourth-order valence-electron chi connectivity index (χ4n) is 5.63. The highest BCUT2D eigenvalue weighted by Crippen LogP contribution is 2.37. The molecule has 54 heavy (non-hydrogen) atoms. The Morgan fingerprint density at radius 2 is 1.37 bits per heavy atom. The lowest BCUT2D eigenvalue weighted by molar-refractivity contribution is -0.385. The lowest BCUT2D eigenvalue weighted by Gasteiger charge is -2.17. The van der Waals surface area contributed by atoms with Crippen LogP contribution in [0.5, 0.6) is 0 Å². The van der Waals surface area contributed by atoms with Crippen LogP contribution in [-0.2, 0) is 16.6 Å². The van der Waals surface area contributed by atoms with Crippen LogP contribution in [0.2, 0.25) is 0 Å². The molecule has 0 saturated carbocycles. The second kappa shape index (κ2) is 16.6. The van der Waals surface area contributed by atoms with Crippen molar-refractivity contribution in [3.63, 3.8) is 0 Å². The standard InChI is InChI=1S/C41H34N6O6S/c1-27-36(41(51)46(45(27)2)32-19-10-5-11-20-32)44-40(50)37(28-14-6-3-7-15-28)54-33-24-22-31(23-25-33)42-39(49)34(43-38(48)29-16-8-4-9-17-29)26-30-18-12-13-21-35(30)47(52)53/h3-26,37H,1-2H3,(H,42,49)(H,43,48)(H,44,50)/b34-26-. The first-order valence-electron chi connectivity index (χ1n) is 16.7. The molecular weight excluding hydrogens is 705 g/mol. The van der Waals surface area contributed by atoms with Crippen LogP contribution in [0.15, 0.2) is 155 Å². The van der Waals surface area contributed by atoms with Crippen molar-refractivity contribution in [1.29, 1.82) is 0 Å². The van der Waals surface area contributed by atoms with E-state index in [0.29, 0.717) is 33.1 Å². The van der Waals surface area contributed by atoms with Gasteiger partial charge in [-0.25, -0.2) is 4.68 Å². The highest BCUT2D eigenvalue weighted by molar-refractivity contribution is 8.00. The van der Waals surface area contributed by atoms with Crippen LogP contribution in [0.1, 0.15) is 32.4 Å². The van der Waals surface area contributed by atoms with Gasteiger partial charge < -0.3 is 16.0 Å². The van der Waals surface area contributed by atoms with Crippen LogP contribution in [0.3, 0.4) is 0 Å². The minimum Gasteiger partial charge on any atom is -0.321 e. The first kappa shape index (κ1) is 36.8. The molecule has 3 amide bonds. The Hall–Kier alpha value is -6.99. The van der Waals surface area contributed by atoms with Crippen LogP contribution in [0.25, 0.3) is 11.8 Å². The molecule has 0 fully saturated rings. The molecule has 1 aromatic heterocycles. The summed E-state index contributed by atoms with van der Waals surface area (Å²) in [4.78, 5) is 65.9. The van der Waals surface area contributed by atoms with Crippen molar-refractivity contribution in [2.24, 2.45) is 7.05 Å². The molecule has 270 valence electrons. The zero-order chi connectivity index (χ0) is 38.2. The Kier molecular flexibility index (Phi) is 11.3. The van der Waals surface area contributed by atoms with Gasteiger partial charge >= 0.3 is 0 Å². The summed E-state index contributed by atoms with van der Waals surface area (Å²) >= 11 is 1.26. The maximum absolute atomic E-state index is 13.9. The predicted molar refractivity (Wildman–Crippen MR) is 209 cm³/mol. The molecule has 0 spiro atoms. The lowest BCUT2D eigenvalue weighted by Crippen LogP contribution is -2.30. The quantitative estimate of drug-likeness (QED) is 0.0516. The molecule has 0 aliphatic carbocycles. The third-order valence-electron chi connectivity index (χ3n) is 8.47. The van der Waals surface area contributed by atoms with E-state index in [1.54, 1.807) is 79.3 Å². The smallest absolute Gasteiger partial charge is 0.295 e. The average Bonchev–Trinajstić information content (AvgIpc) is 3.40. The van der Waals surface area contributed by atoms with Gasteiger partial charge in [0.2, 0.25) is 5.91 Å². The van der Waals surface area contributed by atoms with Crippen molar-refractivity contribution in [3.8, 4) is 5.69 Å². The number of thioether (sulfide) groups is 1. The molecule has 6 rings (SSSR count). The third kappa shape index (κ3) is 8.38. The summed E-state index contributed by atoms with van der Waals surface area (Å²) in [5.74, 6) is -1.68. The van der Waals surface area contributed by atoms with Crippen LogP contribution in [0.4, 0.5) is 17.1 Å². The minimum atomic E-state index is -0.750. The van der Waals surface area contributed by atoms with Gasteiger partial charge in [-0.2, -0.15) is 0 Å². The number of hydrogen-bond donors (Lipinski definition) is 3. The molecule has 1 atom stereocenters. The Labute approximate surface area is 314 Å². The van der Waals surface area contributed by atoms with Gasteiger partial charge in [0.1, 0.15) is 16.6 Å². The van der Waals surface area contributed by atoms with Crippen molar-refractivity contribution in [3.05, 3.63) is 188 Å². The Morgan fingerprint density at radius 3 is 2.02 bits per heavy atom.